The number of hydrogen-bond acceptors (Lipinski definition) is 2. The van der Waals surface area contributed by atoms with E-state index in [4.69, 9.17) is 4.74 Å². The van der Waals surface area contributed by atoms with Gasteiger partial charge in [0.05, 0.1) is 11.6 Å². The minimum Gasteiger partial charge on any atom is -0.495 e. The van der Waals surface area contributed by atoms with Crippen LogP contribution in [0.5, 0.6) is 5.75 Å². The number of ether oxygens (including phenoxy) is 1. The molecule has 106 valence electrons. The molecule has 0 aliphatic rings. The van der Waals surface area contributed by atoms with Crippen molar-refractivity contribution >= 4 is 31.9 Å². The van der Waals surface area contributed by atoms with Crippen molar-refractivity contribution in [1.29, 1.82) is 0 Å². The van der Waals surface area contributed by atoms with Crippen molar-refractivity contribution in [2.75, 3.05) is 7.11 Å². The van der Waals surface area contributed by atoms with E-state index in [1.165, 1.54) is 11.1 Å². The molecule has 0 bridgehead atoms. The van der Waals surface area contributed by atoms with Gasteiger partial charge in [0.1, 0.15) is 5.75 Å². The lowest BCUT2D eigenvalue weighted by atomic mass is 10.1. The molecule has 0 aromatic heterocycles. The Morgan fingerprint density at radius 1 is 1.10 bits per heavy atom. The third-order valence-electron chi connectivity index (χ3n) is 3.02. The predicted octanol–water partition coefficient (Wildman–Crippen LogP) is 4.82. The summed E-state index contributed by atoms with van der Waals surface area (Å²) in [5.41, 5.74) is 3.70. The summed E-state index contributed by atoms with van der Waals surface area (Å²) in [4.78, 5) is 0. The Bertz CT molecular complexity index is 599. The molecular formula is C16H17Br2NO. The van der Waals surface area contributed by atoms with Crippen molar-refractivity contribution in [2.45, 2.75) is 20.0 Å². The summed E-state index contributed by atoms with van der Waals surface area (Å²) in [5, 5.41) is 3.45. The molecule has 2 aromatic carbocycles. The molecule has 20 heavy (non-hydrogen) atoms. The second-order valence-electron chi connectivity index (χ2n) is 4.67. The van der Waals surface area contributed by atoms with Crippen LogP contribution in [0.15, 0.2) is 45.3 Å². The van der Waals surface area contributed by atoms with Gasteiger partial charge in [0.2, 0.25) is 0 Å². The van der Waals surface area contributed by atoms with Crippen LogP contribution in [0.4, 0.5) is 0 Å². The zero-order valence-corrected chi connectivity index (χ0v) is 14.7. The average Bonchev–Trinajstić information content (AvgIpc) is 2.38. The lowest BCUT2D eigenvalue weighted by Crippen LogP contribution is -2.13. The number of halogens is 2. The molecule has 0 unspecified atom stereocenters. The van der Waals surface area contributed by atoms with Crippen LogP contribution in [0.1, 0.15) is 16.7 Å². The first-order valence-electron chi connectivity index (χ1n) is 6.38. The molecule has 0 saturated heterocycles. The zero-order chi connectivity index (χ0) is 14.5. The van der Waals surface area contributed by atoms with E-state index in [0.29, 0.717) is 0 Å². The molecule has 0 heterocycles. The molecule has 0 amide bonds. The number of aryl methyl sites for hydroxylation is 1. The maximum absolute atomic E-state index is 5.45. The SMILES string of the molecule is COc1c(Br)cc(Br)cc1CNCc1cccc(C)c1. The quantitative estimate of drug-likeness (QED) is 0.779. The zero-order valence-electron chi connectivity index (χ0n) is 11.5. The molecule has 0 saturated carbocycles. The van der Waals surface area contributed by atoms with Crippen molar-refractivity contribution in [2.24, 2.45) is 0 Å². The minimum atomic E-state index is 0.759. The summed E-state index contributed by atoms with van der Waals surface area (Å²) in [6, 6.07) is 12.6. The number of hydrogen-bond donors (Lipinski definition) is 1. The van der Waals surface area contributed by atoms with E-state index in [1.54, 1.807) is 7.11 Å². The second-order valence-corrected chi connectivity index (χ2v) is 6.44. The fourth-order valence-corrected chi connectivity index (χ4v) is 3.61. The van der Waals surface area contributed by atoms with Gasteiger partial charge in [-0.05, 0) is 40.5 Å². The highest BCUT2D eigenvalue weighted by Gasteiger charge is 2.08. The van der Waals surface area contributed by atoms with Crippen molar-refractivity contribution in [1.82, 2.24) is 5.32 Å². The van der Waals surface area contributed by atoms with Crippen LogP contribution >= 0.6 is 31.9 Å². The van der Waals surface area contributed by atoms with Gasteiger partial charge in [0.25, 0.3) is 0 Å². The van der Waals surface area contributed by atoms with E-state index in [0.717, 1.165) is 33.3 Å². The Kier molecular flexibility index (Phi) is 5.64. The Hall–Kier alpha value is -0.840. The minimum absolute atomic E-state index is 0.759. The Morgan fingerprint density at radius 3 is 2.60 bits per heavy atom. The normalized spacial score (nSPS) is 10.6. The van der Waals surface area contributed by atoms with Gasteiger partial charge < -0.3 is 10.1 Å². The van der Waals surface area contributed by atoms with E-state index < -0.39 is 0 Å². The van der Waals surface area contributed by atoms with Crippen LogP contribution in [0.25, 0.3) is 0 Å². The van der Waals surface area contributed by atoms with E-state index in [9.17, 15) is 0 Å². The molecule has 2 aromatic rings. The largest absolute Gasteiger partial charge is 0.495 e. The molecule has 0 aliphatic carbocycles. The van der Waals surface area contributed by atoms with Gasteiger partial charge in [-0.3, -0.25) is 0 Å². The molecule has 0 spiro atoms. The standard InChI is InChI=1S/C16H17Br2NO/c1-11-4-3-5-12(6-11)9-19-10-13-7-14(17)8-15(18)16(13)20-2/h3-8,19H,9-10H2,1-2H3. The molecule has 0 fully saturated rings. The molecule has 2 rings (SSSR count). The molecule has 2 nitrogen and oxygen atoms in total. The van der Waals surface area contributed by atoms with Gasteiger partial charge in [-0.2, -0.15) is 0 Å². The first-order valence-corrected chi connectivity index (χ1v) is 7.97. The van der Waals surface area contributed by atoms with E-state index in [-0.39, 0.29) is 0 Å². The maximum Gasteiger partial charge on any atom is 0.137 e. The van der Waals surface area contributed by atoms with E-state index in [1.807, 2.05) is 6.07 Å². The molecule has 0 radical (unpaired) electrons. The van der Waals surface area contributed by atoms with Crippen molar-refractivity contribution in [3.63, 3.8) is 0 Å². The molecule has 4 heteroatoms. The molecule has 1 N–H and O–H groups in total. The van der Waals surface area contributed by atoms with Gasteiger partial charge >= 0.3 is 0 Å². The number of benzene rings is 2. The second kappa shape index (κ2) is 7.25. The van der Waals surface area contributed by atoms with Gasteiger partial charge in [0, 0.05) is 23.1 Å². The molecule has 0 atom stereocenters. The number of rotatable bonds is 5. The van der Waals surface area contributed by atoms with Crippen LogP contribution < -0.4 is 10.1 Å². The Balaban J connectivity index is 2.04. The van der Waals surface area contributed by atoms with Crippen molar-refractivity contribution in [3.8, 4) is 5.75 Å². The highest BCUT2D eigenvalue weighted by Crippen LogP contribution is 2.32. The van der Waals surface area contributed by atoms with Crippen LogP contribution in [-0.4, -0.2) is 7.11 Å². The Labute approximate surface area is 136 Å². The summed E-state index contributed by atoms with van der Waals surface area (Å²) in [5.74, 6) is 0.880. The summed E-state index contributed by atoms with van der Waals surface area (Å²) >= 11 is 7.03. The van der Waals surface area contributed by atoms with Crippen LogP contribution in [0.3, 0.4) is 0 Å². The third-order valence-corrected chi connectivity index (χ3v) is 4.06. The van der Waals surface area contributed by atoms with Gasteiger partial charge in [-0.25, -0.2) is 0 Å². The summed E-state index contributed by atoms with van der Waals surface area (Å²) in [6.45, 7) is 3.71. The van der Waals surface area contributed by atoms with Crippen LogP contribution in [0, 0.1) is 6.92 Å². The van der Waals surface area contributed by atoms with E-state index in [2.05, 4.69) is 74.4 Å². The third kappa shape index (κ3) is 4.08. The Morgan fingerprint density at radius 2 is 1.90 bits per heavy atom. The van der Waals surface area contributed by atoms with Gasteiger partial charge in [-0.15, -0.1) is 0 Å². The van der Waals surface area contributed by atoms with Gasteiger partial charge in [0.15, 0.2) is 0 Å². The van der Waals surface area contributed by atoms with Gasteiger partial charge in [-0.1, -0.05) is 45.8 Å². The number of methoxy groups -OCH3 is 1. The smallest absolute Gasteiger partial charge is 0.137 e. The van der Waals surface area contributed by atoms with Crippen LogP contribution in [-0.2, 0) is 13.1 Å². The average molecular weight is 399 g/mol. The lowest BCUT2D eigenvalue weighted by Gasteiger charge is -2.12. The van der Waals surface area contributed by atoms with E-state index >= 15 is 0 Å². The van der Waals surface area contributed by atoms with Crippen molar-refractivity contribution < 1.29 is 4.74 Å². The first kappa shape index (κ1) is 15.5. The topological polar surface area (TPSA) is 21.3 Å². The molecular weight excluding hydrogens is 382 g/mol. The summed E-state index contributed by atoms with van der Waals surface area (Å²) in [7, 11) is 1.69. The van der Waals surface area contributed by atoms with Crippen LogP contribution in [0.2, 0.25) is 0 Å². The number of nitrogens with one attached hydrogen (secondary N) is 1. The summed E-state index contributed by atoms with van der Waals surface area (Å²) < 4.78 is 7.44. The maximum atomic E-state index is 5.45. The fraction of sp³-hybridized carbons (Fsp3) is 0.250. The lowest BCUT2D eigenvalue weighted by molar-refractivity contribution is 0.405. The molecule has 0 aliphatic heterocycles. The monoisotopic (exact) mass is 397 g/mol. The summed E-state index contributed by atoms with van der Waals surface area (Å²) in [6.07, 6.45) is 0. The highest BCUT2D eigenvalue weighted by molar-refractivity contribution is 9.11. The first-order chi connectivity index (χ1) is 9.60. The predicted molar refractivity (Wildman–Crippen MR) is 90.1 cm³/mol. The fourth-order valence-electron chi connectivity index (χ4n) is 2.14. The van der Waals surface area contributed by atoms with Crippen molar-refractivity contribution in [3.05, 3.63) is 62.0 Å². The highest BCUT2D eigenvalue weighted by atomic mass is 79.9.